The van der Waals surface area contributed by atoms with Crippen molar-refractivity contribution in [3.8, 4) is 0 Å². The van der Waals surface area contributed by atoms with Crippen LogP contribution in [0.15, 0.2) is 36.4 Å². The molecule has 4 fully saturated rings. The molecule has 1 N–H and O–H groups in total. The predicted octanol–water partition coefficient (Wildman–Crippen LogP) is 9.80. The summed E-state index contributed by atoms with van der Waals surface area (Å²) in [4.78, 5) is 0. The van der Waals surface area contributed by atoms with E-state index < -0.39 is 0 Å². The van der Waals surface area contributed by atoms with Gasteiger partial charge in [0.1, 0.15) is 0 Å². The van der Waals surface area contributed by atoms with Gasteiger partial charge in [0.25, 0.3) is 0 Å². The Bertz CT molecular complexity index is 903. The highest BCUT2D eigenvalue weighted by molar-refractivity contribution is 5.48. The molecule has 10 atom stereocenters. The Labute approximate surface area is 228 Å². The van der Waals surface area contributed by atoms with Crippen molar-refractivity contribution in [3.63, 3.8) is 0 Å². The molecule has 0 saturated heterocycles. The number of aliphatic hydroxyl groups excluding tert-OH is 1. The van der Waals surface area contributed by atoms with E-state index in [-0.39, 0.29) is 6.10 Å². The third-order valence-electron chi connectivity index (χ3n) is 12.7. The molecular formula is C36H56O. The molecular weight excluding hydrogens is 448 g/mol. The van der Waals surface area contributed by atoms with Gasteiger partial charge in [-0.25, -0.2) is 0 Å². The lowest BCUT2D eigenvalue weighted by Crippen LogP contribution is -2.56. The molecule has 0 radical (unpaired) electrons. The first kappa shape index (κ1) is 27.5. The molecule has 0 amide bonds. The van der Waals surface area contributed by atoms with Gasteiger partial charge < -0.3 is 5.11 Å². The smallest absolute Gasteiger partial charge is 0.0574 e. The molecule has 0 bridgehead atoms. The van der Waals surface area contributed by atoms with Gasteiger partial charge in [-0.15, -0.1) is 0 Å². The third kappa shape index (κ3) is 5.25. The van der Waals surface area contributed by atoms with Gasteiger partial charge >= 0.3 is 0 Å². The van der Waals surface area contributed by atoms with Crippen LogP contribution in [0.2, 0.25) is 0 Å². The minimum Gasteiger partial charge on any atom is -0.393 e. The van der Waals surface area contributed by atoms with Gasteiger partial charge in [0.15, 0.2) is 0 Å². The van der Waals surface area contributed by atoms with Gasteiger partial charge in [-0.3, -0.25) is 0 Å². The van der Waals surface area contributed by atoms with E-state index in [1.807, 2.05) is 0 Å². The van der Waals surface area contributed by atoms with Crippen molar-refractivity contribution in [3.05, 3.63) is 42.0 Å². The van der Waals surface area contributed by atoms with E-state index in [0.29, 0.717) is 22.7 Å². The topological polar surface area (TPSA) is 20.2 Å². The van der Waals surface area contributed by atoms with Crippen molar-refractivity contribution in [2.75, 3.05) is 0 Å². The van der Waals surface area contributed by atoms with Crippen LogP contribution in [0.3, 0.4) is 0 Å². The number of allylic oxidation sites excluding steroid dienone is 1. The number of benzene rings is 1. The van der Waals surface area contributed by atoms with Crippen LogP contribution in [0, 0.1) is 58.2 Å². The lowest BCUT2D eigenvalue weighted by atomic mass is 9.43. The Morgan fingerprint density at radius 1 is 0.838 bits per heavy atom. The zero-order chi connectivity index (χ0) is 26.2. The van der Waals surface area contributed by atoms with Crippen LogP contribution < -0.4 is 0 Å². The minimum atomic E-state index is -0.119. The van der Waals surface area contributed by atoms with Gasteiger partial charge in [-0.05, 0) is 122 Å². The van der Waals surface area contributed by atoms with Crippen LogP contribution in [0.4, 0.5) is 0 Å². The molecule has 1 heteroatoms. The molecule has 1 nitrogen and oxygen atoms in total. The van der Waals surface area contributed by atoms with E-state index in [0.717, 1.165) is 48.3 Å². The maximum atomic E-state index is 11.2. The first-order valence-electron chi connectivity index (χ1n) is 16.1. The number of hydrogen-bond donors (Lipinski definition) is 1. The summed E-state index contributed by atoms with van der Waals surface area (Å²) in [6.07, 6.45) is 20.7. The molecule has 0 aromatic heterocycles. The van der Waals surface area contributed by atoms with Crippen molar-refractivity contribution in [2.24, 2.45) is 58.2 Å². The van der Waals surface area contributed by atoms with Gasteiger partial charge in [0.05, 0.1) is 6.10 Å². The van der Waals surface area contributed by atoms with Crippen molar-refractivity contribution < 1.29 is 5.11 Å². The second-order valence-electron chi connectivity index (χ2n) is 14.9. The highest BCUT2D eigenvalue weighted by Crippen LogP contribution is 2.69. The van der Waals surface area contributed by atoms with Gasteiger partial charge in [0, 0.05) is 0 Å². The number of fused-ring (bicyclic) bond motifs is 5. The SMILES string of the molecule is CC(C)CCC[C@@H](C)[C@H]1CC[C@H]2[C@@H]3CC[C@H]4[C@H](C/C=C/c5ccccc5)[C@@H](O)CC[C@]4(C)[C@H]3CC[C@]12C. The summed E-state index contributed by atoms with van der Waals surface area (Å²) in [6, 6.07) is 10.7. The maximum absolute atomic E-state index is 11.2. The molecule has 4 aliphatic rings. The van der Waals surface area contributed by atoms with Crippen molar-refractivity contribution >= 4 is 6.08 Å². The van der Waals surface area contributed by atoms with E-state index in [1.54, 1.807) is 0 Å². The highest BCUT2D eigenvalue weighted by Gasteiger charge is 2.61. The zero-order valence-electron chi connectivity index (χ0n) is 24.7. The Hall–Kier alpha value is -1.08. The van der Waals surface area contributed by atoms with Crippen LogP contribution in [-0.2, 0) is 0 Å². The lowest BCUT2D eigenvalue weighted by Gasteiger charge is -2.62. The van der Waals surface area contributed by atoms with Crippen LogP contribution in [0.5, 0.6) is 0 Å². The molecule has 4 saturated carbocycles. The van der Waals surface area contributed by atoms with Gasteiger partial charge in [-0.2, -0.15) is 0 Å². The number of hydrogen-bond acceptors (Lipinski definition) is 1. The molecule has 5 rings (SSSR count). The summed E-state index contributed by atoms with van der Waals surface area (Å²) in [7, 11) is 0. The molecule has 0 aliphatic heterocycles. The van der Waals surface area contributed by atoms with Crippen molar-refractivity contribution in [2.45, 2.75) is 118 Å². The zero-order valence-corrected chi connectivity index (χ0v) is 24.7. The Balaban J connectivity index is 1.28. The molecule has 1 aromatic rings. The fourth-order valence-corrected chi connectivity index (χ4v) is 10.8. The largest absolute Gasteiger partial charge is 0.393 e. The fourth-order valence-electron chi connectivity index (χ4n) is 10.8. The summed E-state index contributed by atoms with van der Waals surface area (Å²) in [5, 5.41) is 11.2. The lowest BCUT2D eigenvalue weighted by molar-refractivity contribution is -0.152. The Morgan fingerprint density at radius 3 is 2.30 bits per heavy atom. The van der Waals surface area contributed by atoms with Gasteiger partial charge in [0.2, 0.25) is 0 Å². The molecule has 0 unspecified atom stereocenters. The third-order valence-corrected chi connectivity index (χ3v) is 12.7. The summed E-state index contributed by atoms with van der Waals surface area (Å²) >= 11 is 0. The molecule has 206 valence electrons. The number of aliphatic hydroxyl groups is 1. The molecule has 0 heterocycles. The standard InChI is InChI=1S/C36H56O/c1-25(2)11-9-12-26(3)30-19-20-31-28-17-18-32-29(16-10-15-27-13-7-6-8-14-27)34(37)22-24-36(32,5)33(28)21-23-35(30,31)4/h6-8,10,13-15,25-26,28-34,37H,9,11-12,16-24H2,1-5H3/b15-10+/t26-,28+,29+,30-,31+,32+,33+,34+,35-,36+/m1/s1. The second-order valence-corrected chi connectivity index (χ2v) is 14.9. The van der Waals surface area contributed by atoms with Crippen LogP contribution >= 0.6 is 0 Å². The van der Waals surface area contributed by atoms with E-state index in [2.05, 4.69) is 77.1 Å². The van der Waals surface area contributed by atoms with Crippen LogP contribution in [-0.4, -0.2) is 11.2 Å². The minimum absolute atomic E-state index is 0.119. The maximum Gasteiger partial charge on any atom is 0.0574 e. The second kappa shape index (κ2) is 11.2. The predicted molar refractivity (Wildman–Crippen MR) is 158 cm³/mol. The van der Waals surface area contributed by atoms with Crippen LogP contribution in [0.25, 0.3) is 6.08 Å². The van der Waals surface area contributed by atoms with E-state index >= 15 is 0 Å². The summed E-state index contributed by atoms with van der Waals surface area (Å²) < 4.78 is 0. The normalized spacial score (nSPS) is 42.4. The monoisotopic (exact) mass is 504 g/mol. The van der Waals surface area contributed by atoms with Crippen molar-refractivity contribution in [1.82, 2.24) is 0 Å². The molecule has 0 spiro atoms. The molecule has 4 aliphatic carbocycles. The van der Waals surface area contributed by atoms with Gasteiger partial charge in [-0.1, -0.05) is 96.4 Å². The Morgan fingerprint density at radius 2 is 1.54 bits per heavy atom. The average Bonchev–Trinajstić information content (AvgIpc) is 3.23. The fraction of sp³-hybridized carbons (Fsp3) is 0.778. The van der Waals surface area contributed by atoms with Crippen LogP contribution in [0.1, 0.15) is 117 Å². The quantitative estimate of drug-likeness (QED) is 0.373. The average molecular weight is 505 g/mol. The summed E-state index contributed by atoms with van der Waals surface area (Å²) in [5.74, 6) is 6.57. The summed E-state index contributed by atoms with van der Waals surface area (Å²) in [6.45, 7) is 12.7. The van der Waals surface area contributed by atoms with E-state index in [9.17, 15) is 5.11 Å². The molecule has 1 aromatic carbocycles. The first-order valence-corrected chi connectivity index (χ1v) is 16.1. The Kier molecular flexibility index (Phi) is 8.31. The van der Waals surface area contributed by atoms with E-state index in [1.165, 1.54) is 69.8 Å². The van der Waals surface area contributed by atoms with Crippen molar-refractivity contribution in [1.29, 1.82) is 0 Å². The molecule has 37 heavy (non-hydrogen) atoms. The first-order chi connectivity index (χ1) is 17.7. The summed E-state index contributed by atoms with van der Waals surface area (Å²) in [5.41, 5.74) is 2.28. The number of rotatable bonds is 8. The highest BCUT2D eigenvalue weighted by atomic mass is 16.3. The van der Waals surface area contributed by atoms with E-state index in [4.69, 9.17) is 0 Å².